The van der Waals surface area contributed by atoms with Crippen LogP contribution in [-0.4, -0.2) is 4.98 Å². The Hall–Kier alpha value is 0.240. The van der Waals surface area contributed by atoms with E-state index in [-0.39, 0.29) is 0 Å². The molecule has 2 nitrogen and oxygen atoms in total. The van der Waals surface area contributed by atoms with Crippen molar-refractivity contribution in [1.29, 1.82) is 0 Å². The van der Waals surface area contributed by atoms with Crippen LogP contribution in [0.3, 0.4) is 0 Å². The Kier molecular flexibility index (Phi) is 6.45. The van der Waals surface area contributed by atoms with Crippen molar-refractivity contribution < 1.29 is 25.0 Å². The Bertz CT molecular complexity index is 69.4. The van der Waals surface area contributed by atoms with Gasteiger partial charge in [0.1, 0.15) is 12.4 Å². The Balaban J connectivity index is 0.000000162. The van der Waals surface area contributed by atoms with Crippen LogP contribution in [0.1, 0.15) is 0 Å². The number of H-pyrrole nitrogens is 2. The molecule has 0 saturated heterocycles. The largest absolute Gasteiger partial charge is 0.250 e. The number of hydrogen-bond donors (Lipinski definition) is 1. The molecule has 1 rings (SSSR count). The summed E-state index contributed by atoms with van der Waals surface area (Å²) >= 11 is 1.75. The molecule has 0 unspecified atom stereocenters. The number of aromatic amines is 2. The van der Waals surface area contributed by atoms with E-state index < -0.39 is 0 Å². The zero-order chi connectivity index (χ0) is 5.54. The topological polar surface area (TPSA) is 29.9 Å². The zero-order valence-electron chi connectivity index (χ0n) is 3.41. The van der Waals surface area contributed by atoms with Crippen LogP contribution < -0.4 is 4.98 Å². The molecule has 1 aromatic heterocycles. The number of nitrogens with one attached hydrogen (secondary N) is 2. The average Bonchev–Trinajstić information content (AvgIpc) is 2.23. The zero-order valence-corrected chi connectivity index (χ0v) is 6.33. The molecule has 0 amide bonds. The Morgan fingerprint density at radius 1 is 1.57 bits per heavy atom. The fourth-order valence-corrected chi connectivity index (χ4v) is 0.241. The number of imidazole rings is 1. The van der Waals surface area contributed by atoms with Gasteiger partial charge in [-0.1, -0.05) is 0 Å². The van der Waals surface area contributed by atoms with E-state index in [9.17, 15) is 0 Å². The molecule has 1 heterocycles. The molecule has 0 saturated carbocycles. The van der Waals surface area contributed by atoms with E-state index >= 15 is 0 Å². The van der Waals surface area contributed by atoms with Gasteiger partial charge in [0.05, 0.1) is 0 Å². The van der Waals surface area contributed by atoms with Crippen LogP contribution in [0.4, 0.5) is 0 Å². The minimum Gasteiger partial charge on any atom is -0.250 e. The van der Waals surface area contributed by atoms with Crippen molar-refractivity contribution in [3.05, 3.63) is 18.7 Å². The summed E-state index contributed by atoms with van der Waals surface area (Å²) in [4.78, 5) is 5.61. The van der Waals surface area contributed by atoms with E-state index in [4.69, 9.17) is 0 Å². The van der Waals surface area contributed by atoms with Crippen LogP contribution in [-0.2, 0) is 20.0 Å². The number of rotatable bonds is 0. The third-order valence-electron chi connectivity index (χ3n) is 0.442. The summed E-state index contributed by atoms with van der Waals surface area (Å²) in [6.07, 6.45) is 5.39. The van der Waals surface area contributed by atoms with E-state index in [1.807, 2.05) is 12.4 Å². The molecule has 0 fully saturated rings. The van der Waals surface area contributed by atoms with Gasteiger partial charge in [0.2, 0.25) is 6.33 Å². The molecule has 0 aliphatic heterocycles. The second kappa shape index (κ2) is 6.24. The summed E-state index contributed by atoms with van der Waals surface area (Å²) in [6.45, 7) is 0. The first-order valence-corrected chi connectivity index (χ1v) is 4.29. The minimum atomic E-state index is 1.75. The van der Waals surface area contributed by atoms with E-state index in [1.54, 1.807) is 26.3 Å². The second-order valence-electron chi connectivity index (χ2n) is 0.811. The van der Waals surface area contributed by atoms with Gasteiger partial charge < -0.3 is 0 Å². The Morgan fingerprint density at radius 3 is 2.43 bits per heavy atom. The number of aromatic nitrogens is 2. The van der Waals surface area contributed by atoms with Gasteiger partial charge in [-0.3, -0.25) is 9.97 Å². The summed E-state index contributed by atoms with van der Waals surface area (Å²) in [7, 11) is 4.58. The molecule has 0 radical (unpaired) electrons. The Labute approximate surface area is 58.0 Å². The second-order valence-corrected chi connectivity index (χ2v) is 0.811. The maximum absolute atomic E-state index is 4.58. The van der Waals surface area contributed by atoms with Crippen LogP contribution >= 0.6 is 9.19 Å². The summed E-state index contributed by atoms with van der Waals surface area (Å²) in [5.74, 6) is 0. The van der Waals surface area contributed by atoms with Crippen LogP contribution in [0.25, 0.3) is 0 Å². The van der Waals surface area contributed by atoms with Gasteiger partial charge in [-0.15, -0.1) is 0 Å². The third-order valence-corrected chi connectivity index (χ3v) is 0.442. The van der Waals surface area contributed by atoms with Crippen molar-refractivity contribution in [2.45, 2.75) is 0 Å². The van der Waals surface area contributed by atoms with Crippen molar-refractivity contribution in [3.8, 4) is 0 Å². The molecule has 0 bridgehead atoms. The molecule has 0 aliphatic carbocycles. The number of halogens is 1. The average molecular weight is 302 g/mol. The maximum atomic E-state index is 4.58. The molecule has 2 N–H and O–H groups in total. The van der Waals surface area contributed by atoms with Gasteiger partial charge in [-0.05, 0) is 0 Å². The van der Waals surface area contributed by atoms with E-state index in [0.717, 1.165) is 0 Å². The summed E-state index contributed by atoms with van der Waals surface area (Å²) < 4.78 is 0. The van der Waals surface area contributed by atoms with Gasteiger partial charge in [0.25, 0.3) is 0 Å². The summed E-state index contributed by atoms with van der Waals surface area (Å²) in [5, 5.41) is 0. The first kappa shape index (κ1) is 7.24. The van der Waals surface area contributed by atoms with Crippen molar-refractivity contribution in [2.24, 2.45) is 0 Å². The van der Waals surface area contributed by atoms with Gasteiger partial charge in [-0.2, -0.15) is 0 Å². The third kappa shape index (κ3) is 4.09. The van der Waals surface area contributed by atoms with Gasteiger partial charge in [0.15, 0.2) is 0 Å². The normalized spacial score (nSPS) is 6.71. The predicted octanol–water partition coefficient (Wildman–Crippen LogP) is 0.516. The summed E-state index contributed by atoms with van der Waals surface area (Å²) in [5.41, 5.74) is 0. The van der Waals surface area contributed by atoms with E-state index in [2.05, 4.69) is 19.2 Å². The van der Waals surface area contributed by atoms with Crippen LogP contribution in [0.15, 0.2) is 18.7 Å². The van der Waals surface area contributed by atoms with Crippen LogP contribution in [0.2, 0.25) is 0 Å². The predicted molar refractivity (Wildman–Crippen MR) is 23.2 cm³/mol. The standard InChI is InChI=1S/C3H4N2.Au.ClH/c1-2-5-3-4-1;;/h1-3H,(H,4,5);;1H/q;+1;. The van der Waals surface area contributed by atoms with Crippen molar-refractivity contribution in [1.82, 2.24) is 4.98 Å². The quantitative estimate of drug-likeness (QED) is 0.677. The molecule has 1 aromatic rings. The van der Waals surface area contributed by atoms with E-state index in [1.165, 1.54) is 0 Å². The van der Waals surface area contributed by atoms with Crippen molar-refractivity contribution >= 4 is 9.19 Å². The molecule has 0 aromatic carbocycles. The molecule has 4 heteroatoms. The molecule has 0 aliphatic rings. The van der Waals surface area contributed by atoms with E-state index in [0.29, 0.717) is 0 Å². The minimum absolute atomic E-state index is 1.75. The van der Waals surface area contributed by atoms with Crippen molar-refractivity contribution in [3.63, 3.8) is 0 Å². The molecular weight excluding hydrogens is 296 g/mol. The van der Waals surface area contributed by atoms with Gasteiger partial charge in [-0.25, -0.2) is 0 Å². The SMILES string of the molecule is [Cl][Au].c1c[nH+]c[nH]1. The van der Waals surface area contributed by atoms with Crippen LogP contribution in [0.5, 0.6) is 0 Å². The fraction of sp³-hybridized carbons (Fsp3) is 0. The summed E-state index contributed by atoms with van der Waals surface area (Å²) in [6, 6.07) is 0. The van der Waals surface area contributed by atoms with Gasteiger partial charge >= 0.3 is 29.2 Å². The molecular formula is C3H5AuClN2+. The molecule has 7 heavy (non-hydrogen) atoms. The molecule has 0 spiro atoms. The molecule has 44 valence electrons. The fourth-order valence-electron chi connectivity index (χ4n) is 0.241. The van der Waals surface area contributed by atoms with Crippen molar-refractivity contribution in [2.75, 3.05) is 0 Å². The van der Waals surface area contributed by atoms with Crippen LogP contribution in [0, 0.1) is 0 Å². The maximum Gasteiger partial charge on any atom is 0.239 e. The smallest absolute Gasteiger partial charge is 0.239 e. The monoisotopic (exact) mass is 301 g/mol. The first-order valence-electron chi connectivity index (χ1n) is 1.60. The van der Waals surface area contributed by atoms with Gasteiger partial charge in [0, 0.05) is 0 Å². The molecule has 0 atom stereocenters. The first-order chi connectivity index (χ1) is 3.50. The number of hydrogen-bond acceptors (Lipinski definition) is 0. The Morgan fingerprint density at radius 2 is 2.29 bits per heavy atom.